The third-order valence-electron chi connectivity index (χ3n) is 4.79. The molecule has 0 unspecified atom stereocenters. The van der Waals surface area contributed by atoms with Crippen LogP contribution in [0.5, 0.6) is 5.75 Å². The van der Waals surface area contributed by atoms with Crippen LogP contribution in [0.4, 0.5) is 10.8 Å². The summed E-state index contributed by atoms with van der Waals surface area (Å²) in [4.78, 5) is 19.3. The van der Waals surface area contributed by atoms with Crippen molar-refractivity contribution >= 4 is 38.3 Å². The fraction of sp³-hybridized carbons (Fsp3) is 0.333. The summed E-state index contributed by atoms with van der Waals surface area (Å²) in [7, 11) is 1.64. The number of ether oxygens (including phenoxy) is 2. The van der Waals surface area contributed by atoms with Crippen molar-refractivity contribution in [3.05, 3.63) is 48.0 Å². The smallest absolute Gasteiger partial charge is 0.226 e. The minimum atomic E-state index is -0.0326. The van der Waals surface area contributed by atoms with Gasteiger partial charge in [0.2, 0.25) is 5.91 Å². The molecule has 0 saturated carbocycles. The van der Waals surface area contributed by atoms with Crippen LogP contribution in [0.15, 0.2) is 42.5 Å². The lowest BCUT2D eigenvalue weighted by Crippen LogP contribution is -2.36. The highest BCUT2D eigenvalue weighted by Gasteiger charge is 2.19. The van der Waals surface area contributed by atoms with Gasteiger partial charge in [0.05, 0.1) is 30.7 Å². The van der Waals surface area contributed by atoms with Gasteiger partial charge in [0.15, 0.2) is 5.13 Å². The molecule has 1 aromatic heterocycles. The number of fused-ring (bicyclic) bond motifs is 1. The van der Waals surface area contributed by atoms with Gasteiger partial charge in [-0.25, -0.2) is 4.98 Å². The zero-order valence-corrected chi connectivity index (χ0v) is 16.6. The Kier molecular flexibility index (Phi) is 5.73. The first-order chi connectivity index (χ1) is 13.7. The first kappa shape index (κ1) is 18.7. The van der Waals surface area contributed by atoms with E-state index >= 15 is 0 Å². The highest BCUT2D eigenvalue weighted by molar-refractivity contribution is 7.23. The molecule has 1 aliphatic heterocycles. The van der Waals surface area contributed by atoms with Crippen LogP contribution in [0.1, 0.15) is 12.0 Å². The number of anilines is 2. The lowest BCUT2D eigenvalue weighted by molar-refractivity contribution is -0.116. The highest BCUT2D eigenvalue weighted by atomic mass is 32.1. The normalized spacial score (nSPS) is 14.2. The molecule has 0 atom stereocenters. The molecule has 2 heterocycles. The topological polar surface area (TPSA) is 63.7 Å². The standard InChI is InChI=1S/C21H23N3O3S/c1-26-17-9-8-16(24-11-13-27-14-12-24)20-19(17)23-21(28-20)22-18(25)10-7-15-5-3-2-4-6-15/h2-6,8-9H,7,10-14H2,1H3,(H,22,23,25). The maximum absolute atomic E-state index is 12.4. The van der Waals surface area contributed by atoms with Gasteiger partial charge in [-0.3, -0.25) is 4.79 Å². The number of carbonyl (C=O) groups excluding carboxylic acids is 1. The summed E-state index contributed by atoms with van der Waals surface area (Å²) >= 11 is 1.49. The van der Waals surface area contributed by atoms with E-state index in [1.807, 2.05) is 36.4 Å². The van der Waals surface area contributed by atoms with Gasteiger partial charge in [0.25, 0.3) is 0 Å². The molecule has 28 heavy (non-hydrogen) atoms. The van der Waals surface area contributed by atoms with Crippen molar-refractivity contribution < 1.29 is 14.3 Å². The minimum Gasteiger partial charge on any atom is -0.494 e. The average Bonchev–Trinajstić information content (AvgIpc) is 3.16. The number of rotatable bonds is 6. The fourth-order valence-electron chi connectivity index (χ4n) is 3.33. The van der Waals surface area contributed by atoms with Crippen molar-refractivity contribution in [3.63, 3.8) is 0 Å². The van der Waals surface area contributed by atoms with E-state index in [9.17, 15) is 4.79 Å². The molecule has 1 fully saturated rings. The van der Waals surface area contributed by atoms with Gasteiger partial charge in [-0.2, -0.15) is 0 Å². The van der Waals surface area contributed by atoms with Crippen LogP contribution in [0.3, 0.4) is 0 Å². The van der Waals surface area contributed by atoms with Crippen molar-refractivity contribution in [2.24, 2.45) is 0 Å². The summed E-state index contributed by atoms with van der Waals surface area (Å²) in [5.41, 5.74) is 3.05. The predicted molar refractivity (Wildman–Crippen MR) is 113 cm³/mol. The minimum absolute atomic E-state index is 0.0326. The molecule has 0 radical (unpaired) electrons. The van der Waals surface area contributed by atoms with Gasteiger partial charge >= 0.3 is 0 Å². The third-order valence-corrected chi connectivity index (χ3v) is 5.78. The zero-order valence-electron chi connectivity index (χ0n) is 15.8. The summed E-state index contributed by atoms with van der Waals surface area (Å²) < 4.78 is 12.0. The van der Waals surface area contributed by atoms with Gasteiger partial charge in [0, 0.05) is 19.5 Å². The molecule has 0 bridgehead atoms. The molecule has 3 aromatic rings. The van der Waals surface area contributed by atoms with Gasteiger partial charge in [-0.05, 0) is 24.1 Å². The number of morpholine rings is 1. The van der Waals surface area contributed by atoms with Crippen molar-refractivity contribution in [2.75, 3.05) is 43.6 Å². The molecule has 1 saturated heterocycles. The van der Waals surface area contributed by atoms with E-state index in [4.69, 9.17) is 9.47 Å². The fourth-order valence-corrected chi connectivity index (χ4v) is 4.37. The number of aryl methyl sites for hydroxylation is 1. The summed E-state index contributed by atoms with van der Waals surface area (Å²) in [5, 5.41) is 3.56. The van der Waals surface area contributed by atoms with E-state index in [1.54, 1.807) is 7.11 Å². The number of methoxy groups -OCH3 is 1. The molecule has 2 aromatic carbocycles. The molecule has 0 spiro atoms. The van der Waals surface area contributed by atoms with Crippen molar-refractivity contribution in [3.8, 4) is 5.75 Å². The number of benzene rings is 2. The Morgan fingerprint density at radius 2 is 2.00 bits per heavy atom. The second-order valence-corrected chi connectivity index (χ2v) is 7.62. The predicted octanol–water partition coefficient (Wildman–Crippen LogP) is 3.71. The molecule has 1 N–H and O–H groups in total. The molecule has 146 valence electrons. The highest BCUT2D eigenvalue weighted by Crippen LogP contribution is 2.39. The van der Waals surface area contributed by atoms with Gasteiger partial charge < -0.3 is 19.7 Å². The number of amides is 1. The van der Waals surface area contributed by atoms with Crippen molar-refractivity contribution in [1.82, 2.24) is 4.98 Å². The quantitative estimate of drug-likeness (QED) is 0.687. The number of nitrogens with one attached hydrogen (secondary N) is 1. The van der Waals surface area contributed by atoms with E-state index < -0.39 is 0 Å². The third kappa shape index (κ3) is 4.10. The Bertz CT molecular complexity index is 952. The summed E-state index contributed by atoms with van der Waals surface area (Å²) in [6.07, 6.45) is 1.13. The first-order valence-electron chi connectivity index (χ1n) is 9.38. The molecule has 1 aliphatic rings. The summed E-state index contributed by atoms with van der Waals surface area (Å²) in [6, 6.07) is 14.0. The number of hydrogen-bond donors (Lipinski definition) is 1. The Hall–Kier alpha value is -2.64. The molecular formula is C21H23N3O3S. The molecule has 0 aliphatic carbocycles. The van der Waals surface area contributed by atoms with Gasteiger partial charge in [0.1, 0.15) is 11.3 Å². The number of carbonyl (C=O) groups is 1. The zero-order chi connectivity index (χ0) is 19.3. The Morgan fingerprint density at radius 1 is 1.21 bits per heavy atom. The number of nitrogens with zero attached hydrogens (tertiary/aromatic N) is 2. The second kappa shape index (κ2) is 8.58. The molecule has 4 rings (SSSR count). The number of thiazole rings is 1. The van der Waals surface area contributed by atoms with Crippen LogP contribution in [-0.4, -0.2) is 44.3 Å². The van der Waals surface area contributed by atoms with Crippen LogP contribution < -0.4 is 15.0 Å². The number of hydrogen-bond acceptors (Lipinski definition) is 6. The monoisotopic (exact) mass is 397 g/mol. The van der Waals surface area contributed by atoms with Crippen LogP contribution in [0.25, 0.3) is 10.2 Å². The molecule has 7 heteroatoms. The Balaban J connectivity index is 1.53. The SMILES string of the molecule is COc1ccc(N2CCOCC2)c2sc(NC(=O)CCc3ccccc3)nc12. The lowest BCUT2D eigenvalue weighted by Gasteiger charge is -2.29. The average molecular weight is 398 g/mol. The van der Waals surface area contributed by atoms with E-state index in [2.05, 4.69) is 21.3 Å². The van der Waals surface area contributed by atoms with Gasteiger partial charge in [-0.1, -0.05) is 41.7 Å². The van der Waals surface area contributed by atoms with E-state index in [1.165, 1.54) is 11.3 Å². The Morgan fingerprint density at radius 3 is 2.75 bits per heavy atom. The Labute approximate surface area is 168 Å². The van der Waals surface area contributed by atoms with Crippen molar-refractivity contribution in [2.45, 2.75) is 12.8 Å². The largest absolute Gasteiger partial charge is 0.494 e. The first-order valence-corrected chi connectivity index (χ1v) is 10.2. The maximum Gasteiger partial charge on any atom is 0.226 e. The van der Waals surface area contributed by atoms with E-state index in [-0.39, 0.29) is 5.91 Å². The van der Waals surface area contributed by atoms with Crippen LogP contribution in [-0.2, 0) is 16.0 Å². The van der Waals surface area contributed by atoms with Crippen LogP contribution in [0, 0.1) is 0 Å². The van der Waals surface area contributed by atoms with Gasteiger partial charge in [-0.15, -0.1) is 0 Å². The molecular weight excluding hydrogens is 374 g/mol. The summed E-state index contributed by atoms with van der Waals surface area (Å²) in [5.74, 6) is 0.683. The van der Waals surface area contributed by atoms with E-state index in [0.717, 1.165) is 47.8 Å². The van der Waals surface area contributed by atoms with Crippen molar-refractivity contribution in [1.29, 1.82) is 0 Å². The van der Waals surface area contributed by atoms with Crippen LogP contribution in [0.2, 0.25) is 0 Å². The molecule has 6 nitrogen and oxygen atoms in total. The maximum atomic E-state index is 12.4. The van der Waals surface area contributed by atoms with Crippen LogP contribution >= 0.6 is 11.3 Å². The van der Waals surface area contributed by atoms with E-state index in [0.29, 0.717) is 23.7 Å². The summed E-state index contributed by atoms with van der Waals surface area (Å²) in [6.45, 7) is 3.13. The lowest BCUT2D eigenvalue weighted by atomic mass is 10.1. The number of aromatic nitrogens is 1. The second-order valence-electron chi connectivity index (χ2n) is 6.62. The molecule has 1 amide bonds.